The fourth-order valence-corrected chi connectivity index (χ4v) is 3.71. The maximum atomic E-state index is 12.5. The van der Waals surface area contributed by atoms with Crippen molar-refractivity contribution in [2.24, 2.45) is 0 Å². The molecule has 0 aliphatic rings. The lowest BCUT2D eigenvalue weighted by atomic mass is 10.0. The zero-order valence-corrected chi connectivity index (χ0v) is 21.0. The monoisotopic (exact) mass is 542 g/mol. The van der Waals surface area contributed by atoms with Gasteiger partial charge >= 0.3 is 18.1 Å². The zero-order valence-electron chi connectivity index (χ0n) is 21.0. The molecule has 3 aromatic rings. The lowest BCUT2D eigenvalue weighted by Crippen LogP contribution is -2.09. The van der Waals surface area contributed by atoms with Gasteiger partial charge in [0.25, 0.3) is 0 Å². The molecule has 0 aliphatic carbocycles. The standard InChI is InChI=1S/C29H29F3N2O5/c30-29(31,32)13-1-2-14-38-25-11-7-21(8-12-25)28(37)39-26-9-4-19(5-10-26)15-22(27(35)36)6-3-20-16-23(33)18-24(34)17-20/h4-5,7-12,15-18H,1-3,6,13-14,33-34H2,(H,35,36). The molecule has 10 heteroatoms. The van der Waals surface area contributed by atoms with Crippen molar-refractivity contribution in [3.8, 4) is 11.5 Å². The molecule has 0 radical (unpaired) electrons. The van der Waals surface area contributed by atoms with Crippen molar-refractivity contribution in [2.45, 2.75) is 38.3 Å². The van der Waals surface area contributed by atoms with Crippen molar-refractivity contribution in [3.63, 3.8) is 0 Å². The first-order valence-corrected chi connectivity index (χ1v) is 12.2. The van der Waals surface area contributed by atoms with E-state index in [1.54, 1.807) is 60.7 Å². The van der Waals surface area contributed by atoms with Crippen LogP contribution in [0.4, 0.5) is 24.5 Å². The molecule has 0 heterocycles. The van der Waals surface area contributed by atoms with Crippen molar-refractivity contribution in [1.29, 1.82) is 0 Å². The summed E-state index contributed by atoms with van der Waals surface area (Å²) in [5.74, 6) is -0.948. The number of esters is 1. The maximum absolute atomic E-state index is 12.5. The van der Waals surface area contributed by atoms with E-state index in [0.29, 0.717) is 29.1 Å². The van der Waals surface area contributed by atoms with E-state index in [4.69, 9.17) is 20.9 Å². The van der Waals surface area contributed by atoms with Crippen molar-refractivity contribution >= 4 is 29.4 Å². The number of ether oxygens (including phenoxy) is 2. The van der Waals surface area contributed by atoms with Gasteiger partial charge in [0.05, 0.1) is 12.2 Å². The fraction of sp³-hybridized carbons (Fsp3) is 0.241. The lowest BCUT2D eigenvalue weighted by Gasteiger charge is -2.09. The van der Waals surface area contributed by atoms with Gasteiger partial charge in [-0.2, -0.15) is 13.2 Å². The second-order valence-corrected chi connectivity index (χ2v) is 8.89. The van der Waals surface area contributed by atoms with Crippen molar-refractivity contribution in [2.75, 3.05) is 18.1 Å². The number of aryl methyl sites for hydroxylation is 1. The molecule has 206 valence electrons. The smallest absolute Gasteiger partial charge is 0.389 e. The number of hydrogen-bond acceptors (Lipinski definition) is 6. The van der Waals surface area contributed by atoms with Crippen LogP contribution in [-0.2, 0) is 11.2 Å². The average molecular weight is 543 g/mol. The van der Waals surface area contributed by atoms with Gasteiger partial charge in [0.1, 0.15) is 11.5 Å². The van der Waals surface area contributed by atoms with Crippen molar-refractivity contribution < 1.29 is 37.3 Å². The fourth-order valence-electron chi connectivity index (χ4n) is 3.71. The van der Waals surface area contributed by atoms with Crippen LogP contribution in [-0.4, -0.2) is 29.8 Å². The van der Waals surface area contributed by atoms with Gasteiger partial charge in [-0.05, 0) is 97.5 Å². The van der Waals surface area contributed by atoms with Gasteiger partial charge < -0.3 is 26.0 Å². The highest BCUT2D eigenvalue weighted by Crippen LogP contribution is 2.23. The SMILES string of the molecule is Nc1cc(N)cc(CCC(=Cc2ccc(OC(=O)c3ccc(OCCCCC(F)(F)F)cc3)cc2)C(=O)O)c1. The largest absolute Gasteiger partial charge is 0.494 e. The first-order chi connectivity index (χ1) is 18.5. The van der Waals surface area contributed by atoms with Crippen LogP contribution in [0, 0.1) is 0 Å². The molecule has 39 heavy (non-hydrogen) atoms. The molecule has 3 rings (SSSR count). The number of carbonyl (C=O) groups excluding carboxylic acids is 1. The summed E-state index contributed by atoms with van der Waals surface area (Å²) in [4.78, 5) is 24.2. The highest BCUT2D eigenvalue weighted by Gasteiger charge is 2.25. The minimum atomic E-state index is -4.17. The van der Waals surface area contributed by atoms with Crippen LogP contribution < -0.4 is 20.9 Å². The summed E-state index contributed by atoms with van der Waals surface area (Å²) in [6, 6.07) is 17.6. The molecular formula is C29H29F3N2O5. The second-order valence-electron chi connectivity index (χ2n) is 8.89. The number of benzene rings is 3. The van der Waals surface area contributed by atoms with Crippen LogP contribution in [0.1, 0.15) is 47.2 Å². The Balaban J connectivity index is 1.53. The Bertz CT molecular complexity index is 1280. The number of hydrogen-bond donors (Lipinski definition) is 3. The van der Waals surface area contributed by atoms with Crippen molar-refractivity contribution in [1.82, 2.24) is 0 Å². The summed E-state index contributed by atoms with van der Waals surface area (Å²) in [5, 5.41) is 9.60. The van der Waals surface area contributed by atoms with Crippen LogP contribution in [0.2, 0.25) is 0 Å². The van der Waals surface area contributed by atoms with Gasteiger partial charge in [-0.3, -0.25) is 0 Å². The number of nitrogen functional groups attached to an aromatic ring is 2. The zero-order chi connectivity index (χ0) is 28.4. The normalized spacial score (nSPS) is 11.7. The summed E-state index contributed by atoms with van der Waals surface area (Å²) in [7, 11) is 0. The van der Waals surface area contributed by atoms with E-state index >= 15 is 0 Å². The van der Waals surface area contributed by atoms with E-state index in [1.165, 1.54) is 12.1 Å². The van der Waals surface area contributed by atoms with E-state index in [2.05, 4.69) is 0 Å². The molecule has 5 N–H and O–H groups in total. The third-order valence-corrected chi connectivity index (χ3v) is 5.64. The van der Waals surface area contributed by atoms with Crippen LogP contribution in [0.5, 0.6) is 11.5 Å². The van der Waals surface area contributed by atoms with Gasteiger partial charge in [0, 0.05) is 23.4 Å². The predicted molar refractivity (Wildman–Crippen MR) is 142 cm³/mol. The third kappa shape index (κ3) is 10.1. The summed E-state index contributed by atoms with van der Waals surface area (Å²) in [6.07, 6.45) is -2.51. The number of alkyl halides is 3. The first kappa shape index (κ1) is 29.1. The third-order valence-electron chi connectivity index (χ3n) is 5.64. The molecule has 3 aromatic carbocycles. The molecular weight excluding hydrogens is 513 g/mol. The first-order valence-electron chi connectivity index (χ1n) is 12.2. The predicted octanol–water partition coefficient (Wildman–Crippen LogP) is 6.28. The minimum Gasteiger partial charge on any atom is -0.494 e. The summed E-state index contributed by atoms with van der Waals surface area (Å²) >= 11 is 0. The average Bonchev–Trinajstić information content (AvgIpc) is 2.86. The van der Waals surface area contributed by atoms with Gasteiger partial charge in [0.15, 0.2) is 0 Å². The van der Waals surface area contributed by atoms with E-state index < -0.39 is 24.5 Å². The van der Waals surface area contributed by atoms with E-state index in [1.807, 2.05) is 0 Å². The number of carbonyl (C=O) groups is 2. The number of halogens is 3. The Morgan fingerprint density at radius 3 is 2.08 bits per heavy atom. The van der Waals surface area contributed by atoms with Gasteiger partial charge in [-0.15, -0.1) is 0 Å². The molecule has 0 aliphatic heterocycles. The highest BCUT2D eigenvalue weighted by atomic mass is 19.4. The Kier molecular flexibility index (Phi) is 9.97. The maximum Gasteiger partial charge on any atom is 0.389 e. The molecule has 0 amide bonds. The van der Waals surface area contributed by atoms with Crippen LogP contribution >= 0.6 is 0 Å². The number of carboxylic acids is 1. The van der Waals surface area contributed by atoms with Gasteiger partial charge in [0.2, 0.25) is 0 Å². The summed E-state index contributed by atoms with van der Waals surface area (Å²) < 4.78 is 47.3. The Morgan fingerprint density at radius 1 is 0.872 bits per heavy atom. The molecule has 7 nitrogen and oxygen atoms in total. The van der Waals surface area contributed by atoms with E-state index in [0.717, 1.165) is 5.56 Å². The van der Waals surface area contributed by atoms with E-state index in [9.17, 15) is 27.9 Å². The quantitative estimate of drug-likeness (QED) is 0.0808. The van der Waals surface area contributed by atoms with Crippen molar-refractivity contribution in [3.05, 3.63) is 89.0 Å². The molecule has 0 unspecified atom stereocenters. The number of aliphatic carboxylic acids is 1. The number of nitrogens with two attached hydrogens (primary N) is 2. The van der Waals surface area contributed by atoms with Gasteiger partial charge in [-0.1, -0.05) is 12.1 Å². The number of carboxylic acid groups (broad SMARTS) is 1. The number of anilines is 2. The molecule has 0 saturated heterocycles. The number of unbranched alkanes of at least 4 members (excludes halogenated alkanes) is 1. The second kappa shape index (κ2) is 13.4. The molecule has 0 atom stereocenters. The Labute approximate surface area is 223 Å². The highest BCUT2D eigenvalue weighted by molar-refractivity contribution is 5.92. The molecule has 0 spiro atoms. The van der Waals surface area contributed by atoms with Gasteiger partial charge in [-0.25, -0.2) is 9.59 Å². The molecule has 0 saturated carbocycles. The summed E-state index contributed by atoms with van der Waals surface area (Å²) in [5.41, 5.74) is 14.5. The van der Waals surface area contributed by atoms with E-state index in [-0.39, 0.29) is 42.8 Å². The molecule has 0 bridgehead atoms. The molecule has 0 aromatic heterocycles. The van der Waals surface area contributed by atoms with Crippen LogP contribution in [0.25, 0.3) is 6.08 Å². The minimum absolute atomic E-state index is 0.0150. The lowest BCUT2D eigenvalue weighted by molar-refractivity contribution is -0.136. The van der Waals surface area contributed by atoms with Crippen LogP contribution in [0.15, 0.2) is 72.3 Å². The van der Waals surface area contributed by atoms with Crippen LogP contribution in [0.3, 0.4) is 0 Å². The summed E-state index contributed by atoms with van der Waals surface area (Å²) in [6.45, 7) is 0.139. The number of rotatable bonds is 12. The Morgan fingerprint density at radius 2 is 1.49 bits per heavy atom. The topological polar surface area (TPSA) is 125 Å². The molecule has 0 fully saturated rings. The Hall–Kier alpha value is -4.47.